The van der Waals surface area contributed by atoms with Crippen molar-refractivity contribution in [2.45, 2.75) is 25.2 Å². The molecule has 0 fully saturated rings. The minimum atomic E-state index is 0.625. The predicted molar refractivity (Wildman–Crippen MR) is 72.4 cm³/mol. The Balaban J connectivity index is 1.77. The van der Waals surface area contributed by atoms with Gasteiger partial charge in [0, 0.05) is 19.6 Å². The molecule has 1 aromatic carbocycles. The summed E-state index contributed by atoms with van der Waals surface area (Å²) in [7, 11) is 0. The Bertz CT molecular complexity index is 510. The first-order valence-corrected chi connectivity index (χ1v) is 6.77. The Hall–Kier alpha value is -1.59. The van der Waals surface area contributed by atoms with Gasteiger partial charge in [0.25, 0.3) is 0 Å². The molecule has 0 saturated carbocycles. The molecule has 1 unspecified atom stereocenters. The normalized spacial score (nSPS) is 22.7. The van der Waals surface area contributed by atoms with Crippen LogP contribution in [0.15, 0.2) is 30.4 Å². The molecule has 18 heavy (non-hydrogen) atoms. The Kier molecular flexibility index (Phi) is 3.17. The molecule has 1 atom stereocenters. The van der Waals surface area contributed by atoms with Crippen LogP contribution in [0, 0.1) is 11.3 Å². The van der Waals surface area contributed by atoms with Crippen LogP contribution in [-0.2, 0) is 6.42 Å². The van der Waals surface area contributed by atoms with Crippen LogP contribution in [0.5, 0.6) is 0 Å². The predicted octanol–water partition coefficient (Wildman–Crippen LogP) is 2.85. The van der Waals surface area contributed by atoms with Crippen LogP contribution in [0.1, 0.15) is 35.4 Å². The summed E-state index contributed by atoms with van der Waals surface area (Å²) >= 11 is 0. The second-order valence-electron chi connectivity index (χ2n) is 5.28. The molecule has 1 aliphatic carbocycles. The fraction of sp³-hybridized carbons (Fsp3) is 0.438. The van der Waals surface area contributed by atoms with Gasteiger partial charge >= 0.3 is 0 Å². The first-order chi connectivity index (χ1) is 8.86. The fourth-order valence-corrected chi connectivity index (χ4v) is 3.11. The number of hydrogen-bond acceptors (Lipinski definition) is 2. The highest BCUT2D eigenvalue weighted by Gasteiger charge is 2.24. The molecule has 92 valence electrons. The second-order valence-corrected chi connectivity index (χ2v) is 5.28. The third-order valence-electron chi connectivity index (χ3n) is 4.10. The quantitative estimate of drug-likeness (QED) is 0.741. The van der Waals surface area contributed by atoms with Gasteiger partial charge in [-0.05, 0) is 48.4 Å². The number of rotatable bonds is 2. The van der Waals surface area contributed by atoms with Crippen molar-refractivity contribution in [3.05, 3.63) is 47.0 Å². The summed E-state index contributed by atoms with van der Waals surface area (Å²) in [4.78, 5) is 2.53. The molecule has 2 nitrogen and oxygen atoms in total. The lowest BCUT2D eigenvalue weighted by atomic mass is 9.98. The summed E-state index contributed by atoms with van der Waals surface area (Å²) in [6.07, 6.45) is 8.13. The molecule has 2 heteroatoms. The van der Waals surface area contributed by atoms with Gasteiger partial charge in [-0.15, -0.1) is 0 Å². The summed E-state index contributed by atoms with van der Waals surface area (Å²) in [6, 6.07) is 8.45. The first-order valence-electron chi connectivity index (χ1n) is 6.77. The minimum Gasteiger partial charge on any atom is -0.299 e. The molecule has 0 spiro atoms. The van der Waals surface area contributed by atoms with Gasteiger partial charge in [-0.25, -0.2) is 0 Å². The summed E-state index contributed by atoms with van der Waals surface area (Å²) in [5.41, 5.74) is 3.68. The summed E-state index contributed by atoms with van der Waals surface area (Å²) in [5, 5.41) is 9.01. The fourth-order valence-electron chi connectivity index (χ4n) is 3.11. The maximum absolute atomic E-state index is 9.01. The van der Waals surface area contributed by atoms with E-state index < -0.39 is 0 Å². The molecule has 1 aliphatic heterocycles. The Morgan fingerprint density at radius 2 is 2.28 bits per heavy atom. The third-order valence-corrected chi connectivity index (χ3v) is 4.10. The van der Waals surface area contributed by atoms with Crippen molar-refractivity contribution in [1.82, 2.24) is 4.90 Å². The van der Waals surface area contributed by atoms with Crippen LogP contribution in [-0.4, -0.2) is 24.5 Å². The maximum Gasteiger partial charge on any atom is 0.0991 e. The van der Waals surface area contributed by atoms with E-state index in [-0.39, 0.29) is 0 Å². The largest absolute Gasteiger partial charge is 0.299 e. The average Bonchev–Trinajstić information content (AvgIpc) is 2.82. The van der Waals surface area contributed by atoms with Crippen LogP contribution < -0.4 is 0 Å². The average molecular weight is 238 g/mol. The van der Waals surface area contributed by atoms with Crippen molar-refractivity contribution in [1.29, 1.82) is 5.26 Å². The molecule has 2 aliphatic rings. The van der Waals surface area contributed by atoms with E-state index in [4.69, 9.17) is 5.26 Å². The standard InChI is InChI=1S/C16H18N2/c17-11-13-4-5-14-6-7-15(16(14)10-13)12-18-8-2-1-3-9-18/h1-2,4-5,10,15H,3,6-9,12H2. The zero-order chi connectivity index (χ0) is 12.4. The maximum atomic E-state index is 9.01. The molecular weight excluding hydrogens is 220 g/mol. The van der Waals surface area contributed by atoms with Gasteiger partial charge in [-0.3, -0.25) is 4.90 Å². The highest BCUT2D eigenvalue weighted by Crippen LogP contribution is 2.34. The molecular formula is C16H18N2. The van der Waals surface area contributed by atoms with Gasteiger partial charge in [0.05, 0.1) is 11.6 Å². The van der Waals surface area contributed by atoms with Crippen molar-refractivity contribution >= 4 is 0 Å². The number of benzene rings is 1. The monoisotopic (exact) mass is 238 g/mol. The third kappa shape index (κ3) is 2.19. The summed E-state index contributed by atoms with van der Waals surface area (Å²) in [5.74, 6) is 0.625. The van der Waals surface area contributed by atoms with Gasteiger partial charge < -0.3 is 0 Å². The molecule has 1 aromatic rings. The van der Waals surface area contributed by atoms with Gasteiger partial charge in [-0.1, -0.05) is 18.2 Å². The van der Waals surface area contributed by atoms with Gasteiger partial charge in [-0.2, -0.15) is 5.26 Å². The van der Waals surface area contributed by atoms with E-state index in [1.165, 1.54) is 36.9 Å². The van der Waals surface area contributed by atoms with Crippen LogP contribution in [0.2, 0.25) is 0 Å². The van der Waals surface area contributed by atoms with Crippen molar-refractivity contribution in [2.75, 3.05) is 19.6 Å². The minimum absolute atomic E-state index is 0.625. The summed E-state index contributed by atoms with van der Waals surface area (Å²) < 4.78 is 0. The number of fused-ring (bicyclic) bond motifs is 1. The van der Waals surface area contributed by atoms with Gasteiger partial charge in [0.1, 0.15) is 0 Å². The SMILES string of the molecule is N#Cc1ccc2c(c1)C(CN1CC=CCC1)CC2. The van der Waals surface area contributed by atoms with Gasteiger partial charge in [0.2, 0.25) is 0 Å². The van der Waals surface area contributed by atoms with Crippen molar-refractivity contribution in [3.63, 3.8) is 0 Å². The van der Waals surface area contributed by atoms with Crippen LogP contribution >= 0.6 is 0 Å². The second kappa shape index (κ2) is 4.96. The molecule has 0 N–H and O–H groups in total. The molecule has 0 aromatic heterocycles. The van der Waals surface area contributed by atoms with E-state index in [2.05, 4.69) is 35.3 Å². The Labute approximate surface area is 109 Å². The molecule has 0 saturated heterocycles. The molecule has 0 bridgehead atoms. The highest BCUT2D eigenvalue weighted by molar-refractivity contribution is 5.42. The number of nitrogens with zero attached hydrogens (tertiary/aromatic N) is 2. The Morgan fingerprint density at radius 3 is 3.06 bits per heavy atom. The molecule has 0 radical (unpaired) electrons. The van der Waals surface area contributed by atoms with E-state index in [9.17, 15) is 0 Å². The van der Waals surface area contributed by atoms with Crippen LogP contribution in [0.25, 0.3) is 0 Å². The van der Waals surface area contributed by atoms with Crippen LogP contribution in [0.3, 0.4) is 0 Å². The van der Waals surface area contributed by atoms with Crippen molar-refractivity contribution < 1.29 is 0 Å². The van der Waals surface area contributed by atoms with E-state index in [0.29, 0.717) is 5.92 Å². The molecule has 3 rings (SSSR count). The zero-order valence-electron chi connectivity index (χ0n) is 10.6. The summed E-state index contributed by atoms with van der Waals surface area (Å²) in [6.45, 7) is 3.41. The lowest BCUT2D eigenvalue weighted by Gasteiger charge is -2.26. The highest BCUT2D eigenvalue weighted by atomic mass is 15.1. The first kappa shape index (κ1) is 11.5. The topological polar surface area (TPSA) is 27.0 Å². The van der Waals surface area contributed by atoms with Gasteiger partial charge in [0.15, 0.2) is 0 Å². The zero-order valence-corrected chi connectivity index (χ0v) is 10.6. The number of hydrogen-bond donors (Lipinski definition) is 0. The molecule has 1 heterocycles. The van der Waals surface area contributed by atoms with E-state index in [1.807, 2.05) is 6.07 Å². The van der Waals surface area contributed by atoms with Crippen molar-refractivity contribution in [2.24, 2.45) is 0 Å². The lowest BCUT2D eigenvalue weighted by molar-refractivity contribution is 0.278. The number of aryl methyl sites for hydroxylation is 1. The molecule has 0 amide bonds. The van der Waals surface area contributed by atoms with E-state index >= 15 is 0 Å². The lowest BCUT2D eigenvalue weighted by Crippen LogP contribution is -2.31. The van der Waals surface area contributed by atoms with E-state index in [0.717, 1.165) is 18.7 Å². The smallest absolute Gasteiger partial charge is 0.0991 e. The number of nitriles is 1. The van der Waals surface area contributed by atoms with E-state index in [1.54, 1.807) is 0 Å². The van der Waals surface area contributed by atoms with Crippen LogP contribution in [0.4, 0.5) is 0 Å². The Morgan fingerprint density at radius 1 is 1.33 bits per heavy atom. The van der Waals surface area contributed by atoms with Crippen molar-refractivity contribution in [3.8, 4) is 6.07 Å².